The highest BCUT2D eigenvalue weighted by Gasteiger charge is 2.32. The average Bonchev–Trinajstić information content (AvgIpc) is 3.22. The van der Waals surface area contributed by atoms with E-state index in [-0.39, 0.29) is 11.5 Å². The second kappa shape index (κ2) is 12.0. The number of nitrogens with one attached hydrogen (secondary N) is 1. The van der Waals surface area contributed by atoms with Crippen molar-refractivity contribution in [1.29, 1.82) is 0 Å². The van der Waals surface area contributed by atoms with Crippen LogP contribution in [-0.4, -0.2) is 17.6 Å². The van der Waals surface area contributed by atoms with Gasteiger partial charge < -0.3 is 10.1 Å². The largest absolute Gasteiger partial charge is 0.495 e. The third kappa shape index (κ3) is 5.68. The molecule has 9 heteroatoms. The fourth-order valence-corrected chi connectivity index (χ4v) is 8.02. The van der Waals surface area contributed by atoms with Crippen LogP contribution in [0.15, 0.2) is 87.8 Å². The number of benzene rings is 3. The van der Waals surface area contributed by atoms with E-state index < -0.39 is 6.04 Å². The van der Waals surface area contributed by atoms with Gasteiger partial charge in [0.15, 0.2) is 4.80 Å². The van der Waals surface area contributed by atoms with Crippen LogP contribution >= 0.6 is 56.5 Å². The Hall–Kier alpha value is -2.77. The van der Waals surface area contributed by atoms with Crippen LogP contribution in [0.3, 0.4) is 0 Å². The van der Waals surface area contributed by atoms with Crippen LogP contribution in [0.2, 0.25) is 0 Å². The molecule has 1 N–H and O–H groups in total. The summed E-state index contributed by atoms with van der Waals surface area (Å²) in [6, 6.07) is 20.9. The van der Waals surface area contributed by atoms with Gasteiger partial charge >= 0.3 is 0 Å². The Balaban J connectivity index is 1.67. The van der Waals surface area contributed by atoms with Gasteiger partial charge in [0, 0.05) is 5.69 Å². The molecule has 1 amide bonds. The van der Waals surface area contributed by atoms with Gasteiger partial charge in [0.2, 0.25) is 0 Å². The lowest BCUT2D eigenvalue weighted by Gasteiger charge is -2.25. The van der Waals surface area contributed by atoms with E-state index in [2.05, 4.69) is 76.5 Å². The summed E-state index contributed by atoms with van der Waals surface area (Å²) >= 11 is 5.81. The van der Waals surface area contributed by atoms with E-state index in [0.29, 0.717) is 32.2 Å². The van der Waals surface area contributed by atoms with E-state index in [4.69, 9.17) is 9.73 Å². The maximum Gasteiger partial charge on any atom is 0.271 e. The zero-order valence-electron chi connectivity index (χ0n) is 22.4. The topological polar surface area (TPSA) is 72.7 Å². The molecule has 1 aromatic heterocycles. The van der Waals surface area contributed by atoms with Gasteiger partial charge in [-0.15, -0.1) is 0 Å². The number of hydrogen-bond donors (Lipinski definition) is 1. The number of fused-ring (bicyclic) bond motifs is 1. The molecule has 4 aromatic rings. The van der Waals surface area contributed by atoms with Crippen LogP contribution in [0.25, 0.3) is 6.08 Å². The number of amides is 1. The Labute approximate surface area is 263 Å². The molecule has 0 radical (unpaired) electrons. The fourth-order valence-electron chi connectivity index (χ4n) is 4.72. The summed E-state index contributed by atoms with van der Waals surface area (Å²) in [5, 5.41) is 3.00. The molecule has 5 rings (SSSR count). The van der Waals surface area contributed by atoms with Gasteiger partial charge in [-0.1, -0.05) is 67.6 Å². The first-order chi connectivity index (χ1) is 19.2. The highest BCUT2D eigenvalue weighted by atomic mass is 127. The highest BCUT2D eigenvalue weighted by Crippen LogP contribution is 2.32. The number of methoxy groups -OCH3 is 1. The van der Waals surface area contributed by atoms with Crippen molar-refractivity contribution in [1.82, 2.24) is 4.57 Å². The molecule has 1 atom stereocenters. The lowest BCUT2D eigenvalue weighted by molar-refractivity contribution is -0.113. The molecule has 40 heavy (non-hydrogen) atoms. The molecular weight excluding hydrogens is 748 g/mol. The van der Waals surface area contributed by atoms with E-state index in [1.165, 1.54) is 16.9 Å². The number of nitrogens with zero attached hydrogens (tertiary/aromatic N) is 2. The van der Waals surface area contributed by atoms with Crippen LogP contribution in [0, 0.1) is 7.14 Å². The monoisotopic (exact) mass is 775 g/mol. The van der Waals surface area contributed by atoms with Gasteiger partial charge in [0.25, 0.3) is 11.5 Å². The molecule has 2 heterocycles. The number of halogens is 2. The third-order valence-corrected chi connectivity index (χ3v) is 9.32. The maximum atomic E-state index is 14.0. The molecule has 1 unspecified atom stereocenters. The minimum atomic E-state index is -0.612. The quantitative estimate of drug-likeness (QED) is 0.237. The number of aromatic nitrogens is 1. The highest BCUT2D eigenvalue weighted by molar-refractivity contribution is 14.1. The molecule has 0 spiro atoms. The van der Waals surface area contributed by atoms with Gasteiger partial charge in [-0.25, -0.2) is 4.99 Å². The molecule has 204 valence electrons. The first-order valence-electron chi connectivity index (χ1n) is 12.7. The SMILES string of the molecule is COc1c(I)cc(/C=c2\sc3n(c2=O)C(c2ccc(C(C)C)cc2)C(C(=O)Nc2ccccc2)=C(C)N=3)cc1I. The maximum absolute atomic E-state index is 14.0. The Kier molecular flexibility index (Phi) is 8.62. The summed E-state index contributed by atoms with van der Waals surface area (Å²) in [4.78, 5) is 33.1. The fraction of sp³-hybridized carbons (Fsp3) is 0.194. The summed E-state index contributed by atoms with van der Waals surface area (Å²) in [6.45, 7) is 6.12. The molecule has 6 nitrogen and oxygen atoms in total. The molecule has 0 bridgehead atoms. The Bertz CT molecular complexity index is 1780. The van der Waals surface area contributed by atoms with Crippen LogP contribution in [0.4, 0.5) is 5.69 Å². The van der Waals surface area contributed by atoms with Gasteiger partial charge in [-0.3, -0.25) is 14.2 Å². The van der Waals surface area contributed by atoms with Gasteiger partial charge in [-0.05, 0) is 105 Å². The lowest BCUT2D eigenvalue weighted by atomic mass is 9.93. The molecular formula is C31H27I2N3O3S. The Morgan fingerprint density at radius 1 is 1.07 bits per heavy atom. The van der Waals surface area contributed by atoms with Crippen LogP contribution in [0.1, 0.15) is 49.4 Å². The van der Waals surface area contributed by atoms with Crippen molar-refractivity contribution in [3.8, 4) is 5.75 Å². The van der Waals surface area contributed by atoms with E-state index >= 15 is 0 Å². The summed E-state index contributed by atoms with van der Waals surface area (Å²) in [5.74, 6) is 0.900. The predicted octanol–water partition coefficient (Wildman–Crippen LogP) is 6.22. The molecule has 1 aliphatic rings. The zero-order chi connectivity index (χ0) is 28.6. The third-order valence-electron chi connectivity index (χ3n) is 6.74. The summed E-state index contributed by atoms with van der Waals surface area (Å²) in [6.07, 6.45) is 1.88. The minimum absolute atomic E-state index is 0.181. The van der Waals surface area contributed by atoms with E-state index in [0.717, 1.165) is 24.0 Å². The average molecular weight is 775 g/mol. The van der Waals surface area contributed by atoms with Crippen LogP contribution in [0.5, 0.6) is 5.75 Å². The van der Waals surface area contributed by atoms with Crippen molar-refractivity contribution in [3.63, 3.8) is 0 Å². The van der Waals surface area contributed by atoms with Crippen molar-refractivity contribution in [3.05, 3.63) is 122 Å². The normalized spacial score (nSPS) is 15.2. The number of ether oxygens (including phenoxy) is 1. The van der Waals surface area contributed by atoms with Crippen molar-refractivity contribution >= 4 is 74.2 Å². The van der Waals surface area contributed by atoms with Crippen molar-refractivity contribution in [2.45, 2.75) is 32.7 Å². The molecule has 1 aliphatic heterocycles. The number of anilines is 1. The van der Waals surface area contributed by atoms with Crippen molar-refractivity contribution < 1.29 is 9.53 Å². The van der Waals surface area contributed by atoms with Crippen LogP contribution < -0.4 is 24.9 Å². The molecule has 3 aromatic carbocycles. The number of rotatable bonds is 6. The lowest BCUT2D eigenvalue weighted by Crippen LogP contribution is -2.40. The molecule has 0 aliphatic carbocycles. The van der Waals surface area contributed by atoms with Crippen molar-refractivity contribution in [2.75, 3.05) is 12.4 Å². The second-order valence-electron chi connectivity index (χ2n) is 9.74. The van der Waals surface area contributed by atoms with E-state index in [1.54, 1.807) is 11.7 Å². The first-order valence-corrected chi connectivity index (χ1v) is 15.7. The molecule has 0 saturated carbocycles. The number of carbonyl (C=O) groups is 1. The zero-order valence-corrected chi connectivity index (χ0v) is 27.5. The first kappa shape index (κ1) is 28.7. The van der Waals surface area contributed by atoms with E-state index in [1.807, 2.05) is 67.6 Å². The van der Waals surface area contributed by atoms with Gasteiger partial charge in [-0.2, -0.15) is 0 Å². The standard InChI is InChI=1S/C31H27I2N3O3S/c1-17(2)20-10-12-21(13-11-20)27-26(29(37)35-22-8-6-5-7-9-22)18(3)34-31-36(27)30(38)25(40-31)16-19-14-23(32)28(39-4)24(33)15-19/h5-17,27H,1-4H3,(H,35,37)/b25-16-. The smallest absolute Gasteiger partial charge is 0.271 e. The van der Waals surface area contributed by atoms with Gasteiger partial charge in [0.05, 0.1) is 36.1 Å². The molecule has 0 fully saturated rings. The number of allylic oxidation sites excluding steroid dienone is 1. The Morgan fingerprint density at radius 2 is 1.73 bits per heavy atom. The number of para-hydroxylation sites is 1. The minimum Gasteiger partial charge on any atom is -0.495 e. The van der Waals surface area contributed by atoms with Crippen molar-refractivity contribution in [2.24, 2.45) is 4.99 Å². The van der Waals surface area contributed by atoms with Gasteiger partial charge in [0.1, 0.15) is 5.75 Å². The predicted molar refractivity (Wildman–Crippen MR) is 178 cm³/mol. The van der Waals surface area contributed by atoms with E-state index in [9.17, 15) is 9.59 Å². The number of thiazole rings is 1. The number of carbonyl (C=O) groups excluding carboxylic acids is 1. The number of hydrogen-bond acceptors (Lipinski definition) is 5. The Morgan fingerprint density at radius 3 is 2.33 bits per heavy atom. The molecule has 0 saturated heterocycles. The summed E-state index contributed by atoms with van der Waals surface area (Å²) in [5.41, 5.74) is 4.49. The second-order valence-corrected chi connectivity index (χ2v) is 13.1. The summed E-state index contributed by atoms with van der Waals surface area (Å²) in [7, 11) is 1.65. The summed E-state index contributed by atoms with van der Waals surface area (Å²) < 4.78 is 9.63. The van der Waals surface area contributed by atoms with Crippen LogP contribution in [-0.2, 0) is 4.79 Å².